The molecule has 2 aliphatic rings. The average Bonchev–Trinajstić information content (AvgIpc) is 2.89. The SMILES string of the molecule is CCOC[C@H]1CCS(=O)(=O)C12CN(Cc1cc(C)on1)C2. The molecule has 0 bridgehead atoms. The van der Waals surface area contributed by atoms with Crippen molar-refractivity contribution >= 4 is 9.84 Å². The Balaban J connectivity index is 1.67. The molecule has 0 radical (unpaired) electrons. The first-order chi connectivity index (χ1) is 9.97. The molecule has 1 aromatic rings. The predicted octanol–water partition coefficient (Wildman–Crippen LogP) is 1.01. The highest BCUT2D eigenvalue weighted by Gasteiger charge is 2.61. The lowest BCUT2D eigenvalue weighted by Gasteiger charge is -2.49. The van der Waals surface area contributed by atoms with Crippen molar-refractivity contribution in [2.75, 3.05) is 32.1 Å². The van der Waals surface area contributed by atoms with E-state index in [0.717, 1.165) is 17.9 Å². The minimum atomic E-state index is -3.01. The van der Waals surface area contributed by atoms with Crippen LogP contribution in [0.15, 0.2) is 10.6 Å². The summed E-state index contributed by atoms with van der Waals surface area (Å²) in [6, 6.07) is 1.89. The normalized spacial score (nSPS) is 27.0. The Morgan fingerprint density at radius 1 is 1.52 bits per heavy atom. The number of nitrogens with zero attached hydrogens (tertiary/aromatic N) is 2. The van der Waals surface area contributed by atoms with Crippen LogP contribution >= 0.6 is 0 Å². The molecule has 21 heavy (non-hydrogen) atoms. The van der Waals surface area contributed by atoms with Crippen molar-refractivity contribution in [1.82, 2.24) is 10.1 Å². The molecule has 0 saturated carbocycles. The van der Waals surface area contributed by atoms with Crippen LogP contribution in [0, 0.1) is 12.8 Å². The van der Waals surface area contributed by atoms with Crippen LogP contribution in [0.3, 0.4) is 0 Å². The topological polar surface area (TPSA) is 72.6 Å². The summed E-state index contributed by atoms with van der Waals surface area (Å²) >= 11 is 0. The molecule has 0 aromatic carbocycles. The van der Waals surface area contributed by atoms with Gasteiger partial charge in [0.25, 0.3) is 0 Å². The van der Waals surface area contributed by atoms with Crippen LogP contribution in [0.1, 0.15) is 24.8 Å². The summed E-state index contributed by atoms with van der Waals surface area (Å²) in [5.74, 6) is 1.20. The molecule has 2 aliphatic heterocycles. The van der Waals surface area contributed by atoms with Crippen LogP contribution in [0.25, 0.3) is 0 Å². The largest absolute Gasteiger partial charge is 0.381 e. The van der Waals surface area contributed by atoms with Crippen LogP contribution in [0.2, 0.25) is 0 Å². The fraction of sp³-hybridized carbons (Fsp3) is 0.786. The zero-order chi connectivity index (χ0) is 15.1. The molecule has 2 fully saturated rings. The van der Waals surface area contributed by atoms with Gasteiger partial charge in [0.2, 0.25) is 0 Å². The van der Waals surface area contributed by atoms with E-state index in [2.05, 4.69) is 10.1 Å². The Hall–Kier alpha value is -0.920. The highest BCUT2D eigenvalue weighted by molar-refractivity contribution is 7.93. The van der Waals surface area contributed by atoms with Crippen molar-refractivity contribution in [2.45, 2.75) is 31.6 Å². The Morgan fingerprint density at radius 2 is 2.29 bits per heavy atom. The average molecular weight is 314 g/mol. The number of rotatable bonds is 5. The molecule has 0 aliphatic carbocycles. The van der Waals surface area contributed by atoms with Gasteiger partial charge in [0.15, 0.2) is 9.84 Å². The Kier molecular flexibility index (Phi) is 3.83. The zero-order valence-electron chi connectivity index (χ0n) is 12.5. The fourth-order valence-electron chi connectivity index (χ4n) is 3.51. The molecule has 1 aromatic heterocycles. The smallest absolute Gasteiger partial charge is 0.158 e. The first kappa shape index (κ1) is 15.0. The molecular weight excluding hydrogens is 292 g/mol. The Labute approximate surface area is 125 Å². The van der Waals surface area contributed by atoms with Crippen molar-refractivity contribution in [2.24, 2.45) is 5.92 Å². The Morgan fingerprint density at radius 3 is 2.90 bits per heavy atom. The minimum Gasteiger partial charge on any atom is -0.381 e. The highest BCUT2D eigenvalue weighted by atomic mass is 32.2. The molecule has 1 atom stereocenters. The standard InChI is InChI=1S/C14H22N2O4S/c1-3-19-8-12-4-5-21(17,18)14(12)9-16(10-14)7-13-6-11(2)20-15-13/h6,12H,3-5,7-10H2,1-2H3/t12-/m1/s1. The van der Waals surface area contributed by atoms with Crippen LogP contribution in [-0.2, 0) is 21.1 Å². The molecule has 0 amide bonds. The lowest BCUT2D eigenvalue weighted by atomic mass is 9.83. The summed E-state index contributed by atoms with van der Waals surface area (Å²) in [5, 5.41) is 3.97. The maximum Gasteiger partial charge on any atom is 0.158 e. The molecular formula is C14H22N2O4S. The van der Waals surface area contributed by atoms with Crippen molar-refractivity contribution in [1.29, 1.82) is 0 Å². The van der Waals surface area contributed by atoms with E-state index in [1.54, 1.807) is 0 Å². The zero-order valence-corrected chi connectivity index (χ0v) is 13.4. The highest BCUT2D eigenvalue weighted by Crippen LogP contribution is 2.45. The molecule has 2 saturated heterocycles. The van der Waals surface area contributed by atoms with E-state index in [0.29, 0.717) is 38.6 Å². The van der Waals surface area contributed by atoms with Gasteiger partial charge in [-0.05, 0) is 20.3 Å². The second-order valence-corrected chi connectivity index (χ2v) is 8.55. The van der Waals surface area contributed by atoms with Gasteiger partial charge in [-0.25, -0.2) is 8.42 Å². The third-order valence-corrected chi connectivity index (χ3v) is 7.27. The lowest BCUT2D eigenvalue weighted by Crippen LogP contribution is -2.67. The van der Waals surface area contributed by atoms with Gasteiger partial charge < -0.3 is 9.26 Å². The summed E-state index contributed by atoms with van der Waals surface area (Å²) < 4.78 is 34.8. The monoisotopic (exact) mass is 314 g/mol. The quantitative estimate of drug-likeness (QED) is 0.807. The van der Waals surface area contributed by atoms with Crippen LogP contribution < -0.4 is 0 Å². The van der Waals surface area contributed by atoms with Crippen molar-refractivity contribution in [3.63, 3.8) is 0 Å². The number of ether oxygens (including phenoxy) is 1. The van der Waals surface area contributed by atoms with E-state index in [1.807, 2.05) is 19.9 Å². The van der Waals surface area contributed by atoms with Crippen molar-refractivity contribution in [3.05, 3.63) is 17.5 Å². The number of hydrogen-bond acceptors (Lipinski definition) is 6. The molecule has 7 heteroatoms. The van der Waals surface area contributed by atoms with Gasteiger partial charge in [-0.2, -0.15) is 0 Å². The van der Waals surface area contributed by atoms with Crippen molar-refractivity contribution in [3.8, 4) is 0 Å². The third kappa shape index (κ3) is 2.51. The van der Waals surface area contributed by atoms with E-state index < -0.39 is 14.6 Å². The molecule has 1 spiro atoms. The van der Waals surface area contributed by atoms with Gasteiger partial charge in [-0.1, -0.05) is 5.16 Å². The van der Waals surface area contributed by atoms with Gasteiger partial charge in [0.05, 0.1) is 18.1 Å². The van der Waals surface area contributed by atoms with E-state index in [4.69, 9.17) is 9.26 Å². The van der Waals surface area contributed by atoms with E-state index in [9.17, 15) is 8.42 Å². The minimum absolute atomic E-state index is 0.123. The number of hydrogen-bond donors (Lipinski definition) is 0. The second-order valence-electron chi connectivity index (χ2n) is 6.10. The molecule has 0 N–H and O–H groups in total. The third-order valence-electron chi connectivity index (χ3n) is 4.67. The Bertz CT molecular complexity index is 604. The molecule has 118 valence electrons. The number of likely N-dealkylation sites (tertiary alicyclic amines) is 1. The second kappa shape index (κ2) is 5.37. The predicted molar refractivity (Wildman–Crippen MR) is 77.6 cm³/mol. The van der Waals surface area contributed by atoms with Crippen LogP contribution in [0.4, 0.5) is 0 Å². The molecule has 3 rings (SSSR count). The lowest BCUT2D eigenvalue weighted by molar-refractivity contribution is 0.0282. The molecule has 0 unspecified atom stereocenters. The van der Waals surface area contributed by atoms with E-state index in [1.165, 1.54) is 0 Å². The summed E-state index contributed by atoms with van der Waals surface area (Å²) in [4.78, 5) is 2.12. The van der Waals surface area contributed by atoms with Crippen LogP contribution in [0.5, 0.6) is 0 Å². The van der Waals surface area contributed by atoms with Gasteiger partial charge in [0.1, 0.15) is 10.5 Å². The number of aryl methyl sites for hydroxylation is 1. The van der Waals surface area contributed by atoms with Crippen molar-refractivity contribution < 1.29 is 17.7 Å². The maximum atomic E-state index is 12.4. The van der Waals surface area contributed by atoms with Gasteiger partial charge in [-0.3, -0.25) is 4.90 Å². The molecule has 6 nitrogen and oxygen atoms in total. The summed E-state index contributed by atoms with van der Waals surface area (Å²) in [6.45, 7) is 6.79. The first-order valence-electron chi connectivity index (χ1n) is 7.41. The van der Waals surface area contributed by atoms with Crippen LogP contribution in [-0.4, -0.2) is 55.3 Å². The number of sulfone groups is 1. The van der Waals surface area contributed by atoms with E-state index >= 15 is 0 Å². The summed E-state index contributed by atoms with van der Waals surface area (Å²) in [6.07, 6.45) is 0.721. The number of aromatic nitrogens is 1. The first-order valence-corrected chi connectivity index (χ1v) is 9.07. The fourth-order valence-corrected chi connectivity index (χ4v) is 5.97. The summed E-state index contributed by atoms with van der Waals surface area (Å²) in [5.41, 5.74) is 0.860. The van der Waals surface area contributed by atoms with E-state index in [-0.39, 0.29) is 5.92 Å². The molecule has 3 heterocycles. The van der Waals surface area contributed by atoms with Gasteiger partial charge >= 0.3 is 0 Å². The summed E-state index contributed by atoms with van der Waals surface area (Å²) in [7, 11) is -3.01. The van der Waals surface area contributed by atoms with Gasteiger partial charge in [-0.15, -0.1) is 0 Å². The van der Waals surface area contributed by atoms with Gasteiger partial charge in [0, 0.05) is 38.2 Å². The maximum absolute atomic E-state index is 12.4.